The van der Waals surface area contributed by atoms with Gasteiger partial charge in [0.1, 0.15) is 0 Å². The van der Waals surface area contributed by atoms with E-state index >= 15 is 0 Å². The standard InChI is InChI=1S/C10H12BNO3/c1-2-10(13)12-9-5-3-8(4-6-9)7-11(14)15/h2-6,14-15H,1,7H2,(H,12,13). The lowest BCUT2D eigenvalue weighted by molar-refractivity contribution is -0.111. The van der Waals surface area contributed by atoms with Crippen LogP contribution in [0.1, 0.15) is 5.56 Å². The van der Waals surface area contributed by atoms with Crippen molar-refractivity contribution in [2.45, 2.75) is 6.32 Å². The molecule has 0 heterocycles. The molecule has 4 nitrogen and oxygen atoms in total. The lowest BCUT2D eigenvalue weighted by Gasteiger charge is -2.04. The zero-order chi connectivity index (χ0) is 11.3. The summed E-state index contributed by atoms with van der Waals surface area (Å²) in [5, 5.41) is 20.1. The molecule has 0 bridgehead atoms. The molecule has 1 amide bonds. The van der Waals surface area contributed by atoms with Crippen LogP contribution in [0.3, 0.4) is 0 Å². The summed E-state index contributed by atoms with van der Waals surface area (Å²) in [6, 6.07) is 6.83. The van der Waals surface area contributed by atoms with Gasteiger partial charge in [0.2, 0.25) is 5.91 Å². The minimum absolute atomic E-state index is 0.176. The molecule has 0 unspecified atom stereocenters. The van der Waals surface area contributed by atoms with Crippen molar-refractivity contribution >= 4 is 18.7 Å². The van der Waals surface area contributed by atoms with E-state index in [4.69, 9.17) is 10.0 Å². The van der Waals surface area contributed by atoms with Crippen molar-refractivity contribution in [1.82, 2.24) is 0 Å². The van der Waals surface area contributed by atoms with Gasteiger partial charge in [0, 0.05) is 12.0 Å². The molecule has 5 heteroatoms. The van der Waals surface area contributed by atoms with Crippen molar-refractivity contribution in [2.24, 2.45) is 0 Å². The van der Waals surface area contributed by atoms with E-state index in [1.165, 1.54) is 6.08 Å². The minimum Gasteiger partial charge on any atom is -0.427 e. The van der Waals surface area contributed by atoms with Crippen molar-refractivity contribution in [3.63, 3.8) is 0 Å². The van der Waals surface area contributed by atoms with E-state index in [9.17, 15) is 4.79 Å². The number of rotatable bonds is 4. The number of hydrogen-bond acceptors (Lipinski definition) is 3. The number of carbonyl (C=O) groups excluding carboxylic acids is 1. The fourth-order valence-corrected chi connectivity index (χ4v) is 1.13. The number of amides is 1. The van der Waals surface area contributed by atoms with Gasteiger partial charge in [-0.1, -0.05) is 18.7 Å². The average Bonchev–Trinajstić information content (AvgIpc) is 2.20. The Kier molecular flexibility index (Phi) is 4.09. The molecule has 0 aliphatic heterocycles. The number of hydrogen-bond donors (Lipinski definition) is 3. The number of carbonyl (C=O) groups is 1. The van der Waals surface area contributed by atoms with Crippen LogP contribution in [0.2, 0.25) is 0 Å². The predicted molar refractivity (Wildman–Crippen MR) is 59.2 cm³/mol. The lowest BCUT2D eigenvalue weighted by Crippen LogP contribution is -2.15. The Labute approximate surface area is 88.4 Å². The Morgan fingerprint density at radius 1 is 1.40 bits per heavy atom. The first-order chi connectivity index (χ1) is 7.11. The van der Waals surface area contributed by atoms with E-state index in [0.717, 1.165) is 5.56 Å². The molecule has 3 N–H and O–H groups in total. The first kappa shape index (κ1) is 11.5. The van der Waals surface area contributed by atoms with Gasteiger partial charge in [-0.25, -0.2) is 0 Å². The second kappa shape index (κ2) is 5.33. The largest absolute Gasteiger partial charge is 0.456 e. The highest BCUT2D eigenvalue weighted by molar-refractivity contribution is 6.40. The van der Waals surface area contributed by atoms with Crippen LogP contribution < -0.4 is 5.32 Å². The second-order valence-electron chi connectivity index (χ2n) is 3.08. The normalized spacial score (nSPS) is 9.47. The Bertz CT molecular complexity index is 348. The molecule has 78 valence electrons. The first-order valence-corrected chi connectivity index (χ1v) is 4.50. The molecule has 0 fully saturated rings. The summed E-state index contributed by atoms with van der Waals surface area (Å²) in [5.74, 6) is -0.273. The summed E-state index contributed by atoms with van der Waals surface area (Å²) < 4.78 is 0. The van der Waals surface area contributed by atoms with E-state index in [2.05, 4.69) is 11.9 Å². The highest BCUT2D eigenvalue weighted by atomic mass is 16.4. The quantitative estimate of drug-likeness (QED) is 0.491. The second-order valence-corrected chi connectivity index (χ2v) is 3.08. The smallest absolute Gasteiger partial charge is 0.427 e. The zero-order valence-electron chi connectivity index (χ0n) is 8.18. The Morgan fingerprint density at radius 2 is 2.00 bits per heavy atom. The first-order valence-electron chi connectivity index (χ1n) is 4.50. The topological polar surface area (TPSA) is 69.6 Å². The van der Waals surface area contributed by atoms with Crippen LogP contribution in [0.15, 0.2) is 36.9 Å². The minimum atomic E-state index is -1.35. The van der Waals surface area contributed by atoms with E-state index < -0.39 is 7.12 Å². The van der Waals surface area contributed by atoms with Crippen LogP contribution in [0.5, 0.6) is 0 Å². The van der Waals surface area contributed by atoms with Crippen LogP contribution in [0.4, 0.5) is 5.69 Å². The van der Waals surface area contributed by atoms with Gasteiger partial charge in [0.05, 0.1) is 0 Å². The summed E-state index contributed by atoms with van der Waals surface area (Å²) >= 11 is 0. The molecule has 0 radical (unpaired) electrons. The highest BCUT2D eigenvalue weighted by Crippen LogP contribution is 2.10. The molecule has 0 spiro atoms. The van der Waals surface area contributed by atoms with Gasteiger partial charge in [-0.15, -0.1) is 0 Å². The van der Waals surface area contributed by atoms with Crippen LogP contribution in [0, 0.1) is 0 Å². The molecule has 0 saturated carbocycles. The Hall–Kier alpha value is -1.59. The zero-order valence-corrected chi connectivity index (χ0v) is 8.18. The summed E-state index contributed by atoms with van der Waals surface area (Å²) in [5.41, 5.74) is 1.44. The molecule has 1 rings (SSSR count). The van der Waals surface area contributed by atoms with Gasteiger partial charge in [0.15, 0.2) is 0 Å². The summed E-state index contributed by atoms with van der Waals surface area (Å²) in [7, 11) is -1.35. The van der Waals surface area contributed by atoms with Gasteiger partial charge in [0.25, 0.3) is 0 Å². The van der Waals surface area contributed by atoms with Gasteiger partial charge in [-0.05, 0) is 23.8 Å². The lowest BCUT2D eigenvalue weighted by atomic mass is 9.82. The van der Waals surface area contributed by atoms with Crippen LogP contribution in [-0.4, -0.2) is 23.1 Å². The summed E-state index contributed by atoms with van der Waals surface area (Å²) in [6.45, 7) is 3.34. The molecular formula is C10H12BNO3. The van der Waals surface area contributed by atoms with Crippen molar-refractivity contribution in [3.8, 4) is 0 Å². The highest BCUT2D eigenvalue weighted by Gasteiger charge is 2.07. The van der Waals surface area contributed by atoms with Gasteiger partial charge in [-0.3, -0.25) is 4.79 Å². The SMILES string of the molecule is C=CC(=O)Nc1ccc(CB(O)O)cc1. The number of benzene rings is 1. The van der Waals surface area contributed by atoms with E-state index in [1.54, 1.807) is 24.3 Å². The fourth-order valence-electron chi connectivity index (χ4n) is 1.13. The van der Waals surface area contributed by atoms with Crippen molar-refractivity contribution < 1.29 is 14.8 Å². The van der Waals surface area contributed by atoms with Gasteiger partial charge >= 0.3 is 7.12 Å². The van der Waals surface area contributed by atoms with Gasteiger partial charge < -0.3 is 15.4 Å². The predicted octanol–water partition coefficient (Wildman–Crippen LogP) is 0.366. The van der Waals surface area contributed by atoms with Gasteiger partial charge in [-0.2, -0.15) is 0 Å². The molecular weight excluding hydrogens is 193 g/mol. The third kappa shape index (κ3) is 3.97. The van der Waals surface area contributed by atoms with E-state index in [1.807, 2.05) is 0 Å². The van der Waals surface area contributed by atoms with Crippen LogP contribution >= 0.6 is 0 Å². The molecule has 0 atom stereocenters. The fraction of sp³-hybridized carbons (Fsp3) is 0.100. The maximum atomic E-state index is 10.9. The summed E-state index contributed by atoms with van der Waals surface area (Å²) in [6.07, 6.45) is 1.36. The maximum absolute atomic E-state index is 10.9. The molecule has 0 aliphatic rings. The van der Waals surface area contributed by atoms with Crippen LogP contribution in [0.25, 0.3) is 0 Å². The molecule has 0 aromatic heterocycles. The average molecular weight is 205 g/mol. The Balaban J connectivity index is 2.63. The van der Waals surface area contributed by atoms with Crippen molar-refractivity contribution in [3.05, 3.63) is 42.5 Å². The van der Waals surface area contributed by atoms with E-state index in [-0.39, 0.29) is 12.2 Å². The van der Waals surface area contributed by atoms with Crippen molar-refractivity contribution in [2.75, 3.05) is 5.32 Å². The van der Waals surface area contributed by atoms with Crippen molar-refractivity contribution in [1.29, 1.82) is 0 Å². The van der Waals surface area contributed by atoms with Crippen LogP contribution in [-0.2, 0) is 11.1 Å². The Morgan fingerprint density at radius 3 is 2.47 bits per heavy atom. The van der Waals surface area contributed by atoms with E-state index in [0.29, 0.717) is 5.69 Å². The third-order valence-corrected chi connectivity index (χ3v) is 1.83. The molecule has 1 aromatic carbocycles. The molecule has 1 aromatic rings. The molecule has 15 heavy (non-hydrogen) atoms. The third-order valence-electron chi connectivity index (χ3n) is 1.83. The number of anilines is 1. The summed E-state index contributed by atoms with van der Waals surface area (Å²) in [4.78, 5) is 10.9. The molecule has 0 aliphatic carbocycles. The maximum Gasteiger partial charge on any atom is 0.456 e. The monoisotopic (exact) mass is 205 g/mol. The number of nitrogens with one attached hydrogen (secondary N) is 1. The molecule has 0 saturated heterocycles.